The van der Waals surface area contributed by atoms with Crippen LogP contribution in [0.25, 0.3) is 11.7 Å². The lowest BCUT2D eigenvalue weighted by Crippen LogP contribution is -2.29. The number of thiocarbonyl (C=S) groups is 1. The first-order chi connectivity index (χ1) is 15.3. The van der Waals surface area contributed by atoms with Crippen LogP contribution in [0.2, 0.25) is 0 Å². The van der Waals surface area contributed by atoms with Crippen LogP contribution in [0.4, 0.5) is 5.82 Å². The summed E-state index contributed by atoms with van der Waals surface area (Å²) in [6.07, 6.45) is 5.25. The van der Waals surface area contributed by atoms with E-state index in [2.05, 4.69) is 24.1 Å². The van der Waals surface area contributed by atoms with E-state index in [0.717, 1.165) is 11.8 Å². The van der Waals surface area contributed by atoms with Crippen LogP contribution in [-0.4, -0.2) is 48.7 Å². The molecule has 1 fully saturated rings. The second-order valence-electron chi connectivity index (χ2n) is 7.92. The van der Waals surface area contributed by atoms with Crippen molar-refractivity contribution >= 4 is 57.7 Å². The van der Waals surface area contributed by atoms with E-state index in [1.807, 2.05) is 6.07 Å². The Balaban J connectivity index is 1.85. The van der Waals surface area contributed by atoms with Gasteiger partial charge in [0.1, 0.15) is 15.8 Å². The van der Waals surface area contributed by atoms with Gasteiger partial charge in [-0.05, 0) is 37.0 Å². The Morgan fingerprint density at radius 3 is 2.78 bits per heavy atom. The van der Waals surface area contributed by atoms with Gasteiger partial charge in [-0.3, -0.25) is 23.7 Å². The summed E-state index contributed by atoms with van der Waals surface area (Å²) < 4.78 is 1.89. The lowest BCUT2D eigenvalue weighted by molar-refractivity contribution is -0.137. The zero-order valence-corrected chi connectivity index (χ0v) is 19.7. The molecule has 0 spiro atoms. The first-order valence-corrected chi connectivity index (χ1v) is 11.7. The number of nitrogens with one attached hydrogen (secondary N) is 1. The van der Waals surface area contributed by atoms with E-state index in [1.165, 1.54) is 9.30 Å². The Morgan fingerprint density at radius 2 is 2.06 bits per heavy atom. The SMILES string of the molecule is CC(C)CNc1nc2ccccn2c(=O)c1C=C1SC(=S)N(CCCCCC(=O)O)C1=O. The largest absolute Gasteiger partial charge is 0.481 e. The lowest BCUT2D eigenvalue weighted by Gasteiger charge is -2.14. The summed E-state index contributed by atoms with van der Waals surface area (Å²) in [5.74, 6) is -0.284. The van der Waals surface area contributed by atoms with Crippen molar-refractivity contribution in [1.29, 1.82) is 0 Å². The molecule has 0 atom stereocenters. The number of anilines is 1. The van der Waals surface area contributed by atoms with Crippen molar-refractivity contribution in [2.24, 2.45) is 5.92 Å². The standard InChI is InChI=1S/C22H26N4O4S2/c1-14(2)13-23-19-15(20(29)25-10-7-5-8-17(25)24-19)12-16-21(30)26(22(31)32-16)11-6-3-4-9-18(27)28/h5,7-8,10,12,14,23H,3-4,6,9,11,13H2,1-2H3,(H,27,28). The van der Waals surface area contributed by atoms with Gasteiger partial charge in [0.05, 0.1) is 10.5 Å². The molecule has 10 heteroatoms. The number of carboxylic acids is 1. The Hall–Kier alpha value is -2.72. The second-order valence-corrected chi connectivity index (χ2v) is 9.60. The van der Waals surface area contributed by atoms with E-state index in [9.17, 15) is 14.4 Å². The number of carboxylic acid groups (broad SMARTS) is 1. The van der Waals surface area contributed by atoms with Crippen LogP contribution in [0.1, 0.15) is 45.1 Å². The normalized spacial score (nSPS) is 15.3. The molecule has 3 heterocycles. The molecule has 1 saturated heterocycles. The summed E-state index contributed by atoms with van der Waals surface area (Å²) in [6, 6.07) is 5.33. The minimum Gasteiger partial charge on any atom is -0.481 e. The van der Waals surface area contributed by atoms with E-state index < -0.39 is 5.97 Å². The van der Waals surface area contributed by atoms with Crippen molar-refractivity contribution in [3.63, 3.8) is 0 Å². The zero-order valence-electron chi connectivity index (χ0n) is 18.0. The average Bonchev–Trinajstić information content (AvgIpc) is 3.01. The smallest absolute Gasteiger partial charge is 0.303 e. The van der Waals surface area contributed by atoms with Crippen molar-refractivity contribution in [2.75, 3.05) is 18.4 Å². The van der Waals surface area contributed by atoms with Gasteiger partial charge >= 0.3 is 5.97 Å². The van der Waals surface area contributed by atoms with E-state index in [4.69, 9.17) is 17.3 Å². The molecule has 1 amide bonds. The highest BCUT2D eigenvalue weighted by Crippen LogP contribution is 2.33. The van der Waals surface area contributed by atoms with Gasteiger partial charge in [0, 0.05) is 25.7 Å². The van der Waals surface area contributed by atoms with Crippen LogP contribution in [0.3, 0.4) is 0 Å². The first-order valence-electron chi connectivity index (χ1n) is 10.5. The summed E-state index contributed by atoms with van der Waals surface area (Å²) in [7, 11) is 0. The molecule has 3 rings (SSSR count). The Kier molecular flexibility index (Phi) is 8.03. The number of pyridine rings is 1. The van der Waals surface area contributed by atoms with Gasteiger partial charge in [0.25, 0.3) is 11.5 Å². The van der Waals surface area contributed by atoms with Crippen LogP contribution < -0.4 is 10.9 Å². The minimum atomic E-state index is -0.823. The summed E-state index contributed by atoms with van der Waals surface area (Å²) >= 11 is 6.54. The molecule has 2 aromatic heterocycles. The van der Waals surface area contributed by atoms with E-state index in [0.29, 0.717) is 64.5 Å². The van der Waals surface area contributed by atoms with Crippen molar-refractivity contribution in [3.05, 3.63) is 45.2 Å². The molecule has 0 aliphatic carbocycles. The van der Waals surface area contributed by atoms with Crippen LogP contribution in [0, 0.1) is 5.92 Å². The van der Waals surface area contributed by atoms with Crippen LogP contribution in [0.15, 0.2) is 34.1 Å². The third-order valence-corrected chi connectivity index (χ3v) is 6.25. The molecule has 0 radical (unpaired) electrons. The fourth-order valence-corrected chi connectivity index (χ4v) is 4.51. The third kappa shape index (κ3) is 5.74. The maximum atomic E-state index is 13.2. The first kappa shape index (κ1) is 23.9. The number of hydrogen-bond acceptors (Lipinski definition) is 7. The Bertz CT molecular complexity index is 1130. The van der Waals surface area contributed by atoms with Crippen LogP contribution in [-0.2, 0) is 9.59 Å². The number of aliphatic carboxylic acids is 1. The summed E-state index contributed by atoms with van der Waals surface area (Å²) in [6.45, 7) is 5.17. The molecule has 0 saturated carbocycles. The molecule has 0 unspecified atom stereocenters. The average molecular weight is 475 g/mol. The predicted molar refractivity (Wildman–Crippen MR) is 131 cm³/mol. The molecule has 0 aromatic carbocycles. The molecular formula is C22H26N4O4S2. The van der Waals surface area contributed by atoms with Crippen molar-refractivity contribution in [1.82, 2.24) is 14.3 Å². The molecule has 170 valence electrons. The molecule has 2 aromatic rings. The molecule has 1 aliphatic rings. The van der Waals surface area contributed by atoms with Crippen molar-refractivity contribution < 1.29 is 14.7 Å². The molecule has 0 bridgehead atoms. The highest BCUT2D eigenvalue weighted by Gasteiger charge is 2.32. The van der Waals surface area contributed by atoms with Gasteiger partial charge in [-0.1, -0.05) is 50.3 Å². The number of aromatic nitrogens is 2. The zero-order chi connectivity index (χ0) is 23.3. The lowest BCUT2D eigenvalue weighted by atomic mass is 10.2. The van der Waals surface area contributed by atoms with Gasteiger partial charge in [-0.15, -0.1) is 0 Å². The monoisotopic (exact) mass is 474 g/mol. The van der Waals surface area contributed by atoms with Gasteiger partial charge < -0.3 is 10.4 Å². The Labute approximate surface area is 195 Å². The maximum absolute atomic E-state index is 13.2. The fourth-order valence-electron chi connectivity index (χ4n) is 3.22. The summed E-state index contributed by atoms with van der Waals surface area (Å²) in [5, 5.41) is 12.0. The van der Waals surface area contributed by atoms with Gasteiger partial charge in [-0.25, -0.2) is 4.98 Å². The molecule has 8 nitrogen and oxygen atoms in total. The number of fused-ring (bicyclic) bond motifs is 1. The number of thioether (sulfide) groups is 1. The number of carbonyl (C=O) groups is 2. The number of carbonyl (C=O) groups excluding carboxylic acids is 1. The van der Waals surface area contributed by atoms with Crippen LogP contribution >= 0.6 is 24.0 Å². The number of amides is 1. The quantitative estimate of drug-likeness (QED) is 0.306. The molecule has 1 aliphatic heterocycles. The third-order valence-electron chi connectivity index (χ3n) is 4.87. The number of unbranched alkanes of at least 4 members (excludes halogenated alkanes) is 2. The van der Waals surface area contributed by atoms with E-state index in [1.54, 1.807) is 24.4 Å². The van der Waals surface area contributed by atoms with Gasteiger partial charge in [0.15, 0.2) is 0 Å². The van der Waals surface area contributed by atoms with Gasteiger partial charge in [0.2, 0.25) is 0 Å². The molecule has 32 heavy (non-hydrogen) atoms. The van der Waals surface area contributed by atoms with E-state index >= 15 is 0 Å². The van der Waals surface area contributed by atoms with Gasteiger partial charge in [-0.2, -0.15) is 0 Å². The van der Waals surface area contributed by atoms with Crippen LogP contribution in [0.5, 0.6) is 0 Å². The topological polar surface area (TPSA) is 104 Å². The summed E-state index contributed by atoms with van der Waals surface area (Å²) in [5.41, 5.74) is 0.576. The van der Waals surface area contributed by atoms with Crippen molar-refractivity contribution in [3.8, 4) is 0 Å². The molecule has 2 N–H and O–H groups in total. The van der Waals surface area contributed by atoms with E-state index in [-0.39, 0.29) is 17.9 Å². The predicted octanol–water partition coefficient (Wildman–Crippen LogP) is 3.61. The molecular weight excluding hydrogens is 448 g/mol. The maximum Gasteiger partial charge on any atom is 0.303 e. The number of rotatable bonds is 10. The highest BCUT2D eigenvalue weighted by molar-refractivity contribution is 8.26. The second kappa shape index (κ2) is 10.7. The number of hydrogen-bond donors (Lipinski definition) is 2. The number of nitrogens with zero attached hydrogens (tertiary/aromatic N) is 3. The minimum absolute atomic E-state index is 0.114. The van der Waals surface area contributed by atoms with Crippen molar-refractivity contribution in [2.45, 2.75) is 39.5 Å². The fraction of sp³-hybridized carbons (Fsp3) is 0.409. The highest BCUT2D eigenvalue weighted by atomic mass is 32.2. The summed E-state index contributed by atoms with van der Waals surface area (Å²) in [4.78, 5) is 43.2. The Morgan fingerprint density at radius 1 is 1.28 bits per heavy atom.